The number of halogens is 2. The van der Waals surface area contributed by atoms with Crippen molar-refractivity contribution < 1.29 is 23.1 Å². The monoisotopic (exact) mass is 359 g/mol. The standard InChI is InChI=1S/C17H10F2N2O3S/c18-12-6-4-11(5-7-12)15-20-21-17(24-15)25-14(16(22)23)9-10-2-1-3-13(19)8-10/h1-9H,(H,22,23)/p-1/b14-9+. The SMILES string of the molecule is O=C([O-])/C(=C\c1cccc(F)c1)Sc1nnc(-c2ccc(F)cc2)o1. The molecule has 0 amide bonds. The van der Waals surface area contributed by atoms with Gasteiger partial charge in [0.05, 0.1) is 5.97 Å². The summed E-state index contributed by atoms with van der Waals surface area (Å²) >= 11 is 0.678. The first-order chi connectivity index (χ1) is 12.0. The Balaban J connectivity index is 1.84. The van der Waals surface area contributed by atoms with Crippen LogP contribution in [0.2, 0.25) is 0 Å². The third kappa shape index (κ3) is 4.30. The van der Waals surface area contributed by atoms with Gasteiger partial charge in [-0.2, -0.15) is 0 Å². The summed E-state index contributed by atoms with van der Waals surface area (Å²) in [7, 11) is 0. The summed E-state index contributed by atoms with van der Waals surface area (Å²) in [5.74, 6) is -2.25. The molecule has 2 aromatic carbocycles. The maximum absolute atomic E-state index is 13.2. The van der Waals surface area contributed by atoms with Gasteiger partial charge in [-0.05, 0) is 59.8 Å². The van der Waals surface area contributed by atoms with Crippen molar-refractivity contribution in [1.29, 1.82) is 0 Å². The zero-order valence-electron chi connectivity index (χ0n) is 12.5. The molecule has 0 unspecified atom stereocenters. The minimum absolute atomic E-state index is 0.0359. The summed E-state index contributed by atoms with van der Waals surface area (Å²) in [6.07, 6.45) is 1.24. The Morgan fingerprint density at radius 2 is 1.84 bits per heavy atom. The van der Waals surface area contributed by atoms with Gasteiger partial charge in [-0.25, -0.2) is 8.78 Å². The van der Waals surface area contributed by atoms with E-state index in [0.717, 1.165) is 0 Å². The maximum atomic E-state index is 13.2. The molecule has 1 aromatic heterocycles. The normalized spacial score (nSPS) is 11.5. The molecule has 3 rings (SSSR count). The summed E-state index contributed by atoms with van der Waals surface area (Å²) in [4.78, 5) is 11.1. The highest BCUT2D eigenvalue weighted by atomic mass is 32.2. The van der Waals surface area contributed by atoms with Crippen molar-refractivity contribution in [1.82, 2.24) is 10.2 Å². The lowest BCUT2D eigenvalue weighted by Gasteiger charge is -2.05. The molecule has 0 saturated heterocycles. The number of carboxylic acid groups (broad SMARTS) is 1. The fraction of sp³-hybridized carbons (Fsp3) is 0. The van der Waals surface area contributed by atoms with Crippen molar-refractivity contribution in [3.63, 3.8) is 0 Å². The van der Waals surface area contributed by atoms with Gasteiger partial charge < -0.3 is 14.3 Å². The summed E-state index contributed by atoms with van der Waals surface area (Å²) in [6.45, 7) is 0. The van der Waals surface area contributed by atoms with Crippen LogP contribution in [0.15, 0.2) is 63.1 Å². The summed E-state index contributed by atoms with van der Waals surface area (Å²) in [6, 6.07) is 10.8. The van der Waals surface area contributed by atoms with Gasteiger partial charge >= 0.3 is 0 Å². The Labute approximate surface area is 145 Å². The van der Waals surface area contributed by atoms with Crippen molar-refractivity contribution in [3.05, 3.63) is 70.6 Å². The number of benzene rings is 2. The van der Waals surface area contributed by atoms with Crippen LogP contribution in [0, 0.1) is 11.6 Å². The molecule has 3 aromatic rings. The molecule has 1 heterocycles. The van der Waals surface area contributed by atoms with Gasteiger partial charge in [0.15, 0.2) is 0 Å². The Kier molecular flexibility index (Phi) is 4.90. The first-order valence-electron chi connectivity index (χ1n) is 6.97. The lowest BCUT2D eigenvalue weighted by molar-refractivity contribution is -0.298. The number of carbonyl (C=O) groups is 1. The first kappa shape index (κ1) is 16.8. The molecule has 0 atom stereocenters. The van der Waals surface area contributed by atoms with E-state index in [2.05, 4.69) is 10.2 Å². The molecule has 0 aliphatic carbocycles. The van der Waals surface area contributed by atoms with E-state index >= 15 is 0 Å². The average molecular weight is 359 g/mol. The third-order valence-corrected chi connectivity index (χ3v) is 3.89. The molecule has 0 aliphatic heterocycles. The minimum atomic E-state index is -1.46. The molecule has 0 N–H and O–H groups in total. The quantitative estimate of drug-likeness (QED) is 0.515. The lowest BCUT2D eigenvalue weighted by atomic mass is 10.2. The molecule has 0 radical (unpaired) electrons. The largest absolute Gasteiger partial charge is 0.544 e. The van der Waals surface area contributed by atoms with E-state index in [1.165, 1.54) is 48.5 Å². The number of rotatable bonds is 5. The Bertz CT molecular complexity index is 939. The fourth-order valence-electron chi connectivity index (χ4n) is 1.93. The van der Waals surface area contributed by atoms with Crippen molar-refractivity contribution in [2.75, 3.05) is 0 Å². The second-order valence-electron chi connectivity index (χ2n) is 4.83. The number of thioether (sulfide) groups is 1. The van der Waals surface area contributed by atoms with Crippen LogP contribution in [0.25, 0.3) is 17.5 Å². The Morgan fingerprint density at radius 3 is 2.52 bits per heavy atom. The second kappa shape index (κ2) is 7.27. The van der Waals surface area contributed by atoms with Crippen molar-refractivity contribution >= 4 is 23.8 Å². The van der Waals surface area contributed by atoms with Crippen LogP contribution in [0.5, 0.6) is 0 Å². The van der Waals surface area contributed by atoms with E-state index in [1.807, 2.05) is 0 Å². The highest BCUT2D eigenvalue weighted by molar-refractivity contribution is 8.03. The number of hydrogen-bond acceptors (Lipinski definition) is 6. The van der Waals surface area contributed by atoms with E-state index in [9.17, 15) is 18.7 Å². The third-order valence-electron chi connectivity index (χ3n) is 3.04. The highest BCUT2D eigenvalue weighted by Crippen LogP contribution is 2.29. The zero-order valence-corrected chi connectivity index (χ0v) is 13.3. The molecule has 8 heteroatoms. The summed E-state index contributed by atoms with van der Waals surface area (Å²) in [5.41, 5.74) is 0.842. The number of aromatic nitrogens is 2. The Hall–Kier alpha value is -3.00. The summed E-state index contributed by atoms with van der Waals surface area (Å²) < 4.78 is 31.5. The number of carbonyl (C=O) groups excluding carboxylic acids is 1. The van der Waals surface area contributed by atoms with Crippen molar-refractivity contribution in [2.24, 2.45) is 0 Å². The van der Waals surface area contributed by atoms with Gasteiger partial charge in [0, 0.05) is 10.5 Å². The number of aliphatic carboxylic acids is 1. The average Bonchev–Trinajstić information content (AvgIpc) is 3.03. The molecule has 0 aliphatic rings. The zero-order chi connectivity index (χ0) is 17.8. The fourth-order valence-corrected chi connectivity index (χ4v) is 2.60. The Morgan fingerprint density at radius 1 is 1.08 bits per heavy atom. The molecule has 25 heavy (non-hydrogen) atoms. The van der Waals surface area contributed by atoms with Gasteiger partial charge in [-0.3, -0.25) is 0 Å². The number of hydrogen-bond donors (Lipinski definition) is 0. The predicted molar refractivity (Wildman–Crippen MR) is 84.9 cm³/mol. The van der Waals surface area contributed by atoms with Gasteiger partial charge in [-0.15, -0.1) is 10.2 Å². The van der Waals surface area contributed by atoms with Crippen LogP contribution in [-0.2, 0) is 4.79 Å². The molecule has 126 valence electrons. The van der Waals surface area contributed by atoms with Gasteiger partial charge in [0.25, 0.3) is 5.22 Å². The molecular formula is C17H9F2N2O3S-. The van der Waals surface area contributed by atoms with E-state index in [0.29, 0.717) is 22.9 Å². The topological polar surface area (TPSA) is 79.0 Å². The van der Waals surface area contributed by atoms with Crippen LogP contribution < -0.4 is 5.11 Å². The van der Waals surface area contributed by atoms with Crippen molar-refractivity contribution in [2.45, 2.75) is 5.22 Å². The van der Waals surface area contributed by atoms with E-state index < -0.39 is 17.6 Å². The molecule has 0 saturated carbocycles. The maximum Gasteiger partial charge on any atom is 0.281 e. The van der Waals surface area contributed by atoms with E-state index in [1.54, 1.807) is 6.07 Å². The minimum Gasteiger partial charge on any atom is -0.544 e. The van der Waals surface area contributed by atoms with Crippen LogP contribution >= 0.6 is 11.8 Å². The molecule has 0 bridgehead atoms. The molecular weight excluding hydrogens is 350 g/mol. The summed E-state index contributed by atoms with van der Waals surface area (Å²) in [5, 5.41) is 18.8. The van der Waals surface area contributed by atoms with E-state index in [-0.39, 0.29) is 16.0 Å². The van der Waals surface area contributed by atoms with Crippen LogP contribution in [0.3, 0.4) is 0 Å². The van der Waals surface area contributed by atoms with E-state index in [4.69, 9.17) is 4.42 Å². The first-order valence-corrected chi connectivity index (χ1v) is 7.79. The second-order valence-corrected chi connectivity index (χ2v) is 5.83. The van der Waals surface area contributed by atoms with Gasteiger partial charge in [0.1, 0.15) is 11.6 Å². The highest BCUT2D eigenvalue weighted by Gasteiger charge is 2.12. The smallest absolute Gasteiger partial charge is 0.281 e. The molecule has 0 fully saturated rings. The van der Waals surface area contributed by atoms with Crippen LogP contribution in [0.1, 0.15) is 5.56 Å². The predicted octanol–water partition coefficient (Wildman–Crippen LogP) is 2.90. The van der Waals surface area contributed by atoms with Crippen molar-refractivity contribution in [3.8, 4) is 11.5 Å². The van der Waals surface area contributed by atoms with Gasteiger partial charge in [-0.1, -0.05) is 12.1 Å². The molecule has 5 nitrogen and oxygen atoms in total. The molecule has 0 spiro atoms. The van der Waals surface area contributed by atoms with Gasteiger partial charge in [0.2, 0.25) is 5.89 Å². The lowest BCUT2D eigenvalue weighted by Crippen LogP contribution is -2.23. The number of carboxylic acids is 1. The number of nitrogens with zero attached hydrogens (tertiary/aromatic N) is 2. The van der Waals surface area contributed by atoms with Crippen LogP contribution in [0.4, 0.5) is 8.78 Å². The van der Waals surface area contributed by atoms with Crippen LogP contribution in [-0.4, -0.2) is 16.2 Å².